The van der Waals surface area contributed by atoms with Crippen molar-refractivity contribution in [1.82, 2.24) is 15.4 Å². The zero-order chi connectivity index (χ0) is 7.40. The maximum atomic E-state index is 4.98. The monoisotopic (exact) mass is 155 g/mol. The van der Waals surface area contributed by atoms with Crippen molar-refractivity contribution in [3.8, 4) is 5.75 Å². The number of thiocarbonyl (C=S) groups is 1. The molecule has 0 saturated carbocycles. The van der Waals surface area contributed by atoms with Crippen molar-refractivity contribution < 1.29 is 4.74 Å². The van der Waals surface area contributed by atoms with E-state index in [1.54, 1.807) is 6.92 Å². The van der Waals surface area contributed by atoms with Gasteiger partial charge in [-0.3, -0.25) is 0 Å². The Kier molecular flexibility index (Phi) is 2.22. The fourth-order valence-electron chi connectivity index (χ4n) is 0.447. The average molecular weight is 155 g/mol. The van der Waals surface area contributed by atoms with Crippen molar-refractivity contribution in [2.24, 2.45) is 0 Å². The van der Waals surface area contributed by atoms with Gasteiger partial charge in [0.25, 0.3) is 0 Å². The van der Waals surface area contributed by atoms with E-state index in [2.05, 4.69) is 27.6 Å². The zero-order valence-corrected chi connectivity index (χ0v) is 6.13. The molecule has 1 aromatic rings. The lowest BCUT2D eigenvalue weighted by atomic mass is 10.6. The van der Waals surface area contributed by atoms with Gasteiger partial charge in [0.2, 0.25) is 0 Å². The fourth-order valence-corrected chi connectivity index (χ4v) is 0.543. The van der Waals surface area contributed by atoms with E-state index in [1.165, 1.54) is 12.4 Å². The number of hydrogen-bond acceptors (Lipinski definition) is 5. The van der Waals surface area contributed by atoms with Crippen LogP contribution >= 0.6 is 12.2 Å². The van der Waals surface area contributed by atoms with Crippen LogP contribution in [0.1, 0.15) is 6.92 Å². The summed E-state index contributed by atoms with van der Waals surface area (Å²) in [5, 5.41) is 10.8. The van der Waals surface area contributed by atoms with Crippen molar-refractivity contribution in [3.05, 3.63) is 12.4 Å². The highest BCUT2D eigenvalue weighted by Crippen LogP contribution is 2.02. The van der Waals surface area contributed by atoms with Gasteiger partial charge in [-0.15, -0.1) is 10.2 Å². The molecule has 0 amide bonds. The van der Waals surface area contributed by atoms with Crippen LogP contribution in [0.4, 0.5) is 0 Å². The third-order valence-electron chi connectivity index (χ3n) is 0.735. The predicted molar refractivity (Wildman–Crippen MR) is 38.7 cm³/mol. The molecule has 0 aliphatic heterocycles. The number of aromatic nitrogens is 3. The molecule has 5 heteroatoms. The highest BCUT2D eigenvalue weighted by atomic mass is 32.1. The second-order valence-corrected chi connectivity index (χ2v) is 2.15. The van der Waals surface area contributed by atoms with E-state index in [0.29, 0.717) is 10.8 Å². The molecule has 4 nitrogen and oxygen atoms in total. The molecule has 0 fully saturated rings. The molecule has 0 N–H and O–H groups in total. The smallest absolute Gasteiger partial charge is 0.168 e. The molecule has 1 heterocycles. The van der Waals surface area contributed by atoms with Gasteiger partial charge in [0.15, 0.2) is 10.8 Å². The van der Waals surface area contributed by atoms with Crippen molar-refractivity contribution in [2.45, 2.75) is 6.92 Å². The summed E-state index contributed by atoms with van der Waals surface area (Å²) < 4.78 is 4.98. The van der Waals surface area contributed by atoms with Gasteiger partial charge >= 0.3 is 0 Å². The maximum absolute atomic E-state index is 4.98. The summed E-state index contributed by atoms with van der Waals surface area (Å²) in [7, 11) is 0. The molecule has 0 unspecified atom stereocenters. The Morgan fingerprint density at radius 2 is 2.10 bits per heavy atom. The zero-order valence-electron chi connectivity index (χ0n) is 5.31. The van der Waals surface area contributed by atoms with Gasteiger partial charge in [-0.1, -0.05) is 0 Å². The van der Waals surface area contributed by atoms with Gasteiger partial charge in [0.1, 0.15) is 0 Å². The predicted octanol–water partition coefficient (Wildman–Crippen LogP) is 0.598. The van der Waals surface area contributed by atoms with Crippen molar-refractivity contribution in [1.29, 1.82) is 0 Å². The van der Waals surface area contributed by atoms with Crippen LogP contribution in [0.25, 0.3) is 0 Å². The minimum absolute atomic E-state index is 0.440. The summed E-state index contributed by atoms with van der Waals surface area (Å²) in [6, 6.07) is 0. The second kappa shape index (κ2) is 3.17. The molecule has 1 rings (SSSR count). The Morgan fingerprint density at radius 3 is 2.60 bits per heavy atom. The Morgan fingerprint density at radius 1 is 1.50 bits per heavy atom. The van der Waals surface area contributed by atoms with Gasteiger partial charge < -0.3 is 4.74 Å². The molecule has 0 atom stereocenters. The van der Waals surface area contributed by atoms with Gasteiger partial charge in [0, 0.05) is 6.92 Å². The fraction of sp³-hybridized carbons (Fsp3) is 0.200. The van der Waals surface area contributed by atoms with Crippen LogP contribution in [0.15, 0.2) is 12.4 Å². The first-order chi connectivity index (χ1) is 4.79. The molecule has 0 aliphatic carbocycles. The standard InChI is InChI=1S/C5H5N3OS/c1-4(10)9-5-2-6-8-7-3-5/h2-3H,1H3. The third-order valence-corrected chi connectivity index (χ3v) is 0.818. The van der Waals surface area contributed by atoms with E-state index < -0.39 is 0 Å². The Labute approximate surface area is 63.2 Å². The minimum Gasteiger partial charge on any atom is -0.447 e. The Hall–Kier alpha value is -1.10. The molecule has 0 aromatic carbocycles. The lowest BCUT2D eigenvalue weighted by Crippen LogP contribution is -1.99. The van der Waals surface area contributed by atoms with E-state index in [-0.39, 0.29) is 0 Å². The van der Waals surface area contributed by atoms with E-state index in [9.17, 15) is 0 Å². The van der Waals surface area contributed by atoms with Crippen LogP contribution in [0.2, 0.25) is 0 Å². The molecule has 10 heavy (non-hydrogen) atoms. The van der Waals surface area contributed by atoms with Crippen molar-refractivity contribution >= 4 is 17.3 Å². The quantitative estimate of drug-likeness (QED) is 0.556. The number of rotatable bonds is 1. The van der Waals surface area contributed by atoms with E-state index >= 15 is 0 Å². The van der Waals surface area contributed by atoms with Crippen LogP contribution in [-0.2, 0) is 0 Å². The SMILES string of the molecule is CC(=S)Oc1cnnnc1. The summed E-state index contributed by atoms with van der Waals surface area (Å²) in [6.45, 7) is 1.68. The van der Waals surface area contributed by atoms with E-state index in [1.807, 2.05) is 0 Å². The average Bonchev–Trinajstić information content (AvgIpc) is 1.88. The molecule has 52 valence electrons. The normalized spacial score (nSPS) is 8.90. The Bertz CT molecular complexity index is 226. The first kappa shape index (κ1) is 7.01. The van der Waals surface area contributed by atoms with E-state index in [0.717, 1.165) is 0 Å². The molecular formula is C5H5N3OS. The lowest BCUT2D eigenvalue weighted by molar-refractivity contribution is 0.547. The summed E-state index contributed by atoms with van der Waals surface area (Å²) in [6.07, 6.45) is 2.89. The molecule has 0 saturated heterocycles. The van der Waals surface area contributed by atoms with Crippen LogP contribution in [0, 0.1) is 0 Å². The molecule has 0 spiro atoms. The highest BCUT2D eigenvalue weighted by Gasteiger charge is 1.92. The number of nitrogens with zero attached hydrogens (tertiary/aromatic N) is 3. The van der Waals surface area contributed by atoms with Crippen molar-refractivity contribution in [2.75, 3.05) is 0 Å². The number of hydrogen-bond donors (Lipinski definition) is 0. The van der Waals surface area contributed by atoms with Crippen LogP contribution in [0.5, 0.6) is 5.75 Å². The molecule has 0 bridgehead atoms. The van der Waals surface area contributed by atoms with Crippen LogP contribution < -0.4 is 4.74 Å². The van der Waals surface area contributed by atoms with Crippen LogP contribution in [-0.4, -0.2) is 20.5 Å². The van der Waals surface area contributed by atoms with Gasteiger partial charge in [-0.05, 0) is 17.4 Å². The molecule has 0 aliphatic rings. The summed E-state index contributed by atoms with van der Waals surface area (Å²) >= 11 is 4.68. The summed E-state index contributed by atoms with van der Waals surface area (Å²) in [4.78, 5) is 0. The molecular weight excluding hydrogens is 150 g/mol. The molecule has 0 radical (unpaired) electrons. The maximum Gasteiger partial charge on any atom is 0.168 e. The lowest BCUT2D eigenvalue weighted by Gasteiger charge is -1.97. The largest absolute Gasteiger partial charge is 0.447 e. The second-order valence-electron chi connectivity index (χ2n) is 1.57. The minimum atomic E-state index is 0.440. The van der Waals surface area contributed by atoms with Crippen molar-refractivity contribution in [3.63, 3.8) is 0 Å². The third kappa shape index (κ3) is 2.02. The summed E-state index contributed by atoms with van der Waals surface area (Å²) in [5.74, 6) is 0.516. The first-order valence-electron chi connectivity index (χ1n) is 2.61. The van der Waals surface area contributed by atoms with E-state index in [4.69, 9.17) is 4.74 Å². The van der Waals surface area contributed by atoms with Gasteiger partial charge in [0.05, 0.1) is 12.4 Å². The van der Waals surface area contributed by atoms with Gasteiger partial charge in [-0.25, -0.2) is 0 Å². The molecule has 1 aromatic heterocycles. The first-order valence-corrected chi connectivity index (χ1v) is 3.01. The Balaban J connectivity index is 2.67. The van der Waals surface area contributed by atoms with Gasteiger partial charge in [-0.2, -0.15) is 0 Å². The van der Waals surface area contributed by atoms with Crippen LogP contribution in [0.3, 0.4) is 0 Å². The topological polar surface area (TPSA) is 47.9 Å². The number of ether oxygens (including phenoxy) is 1. The highest BCUT2D eigenvalue weighted by molar-refractivity contribution is 7.80. The summed E-state index contributed by atoms with van der Waals surface area (Å²) in [5.41, 5.74) is 0.